The molecule has 1 heterocycles. The molecule has 1 atom stereocenters. The number of para-hydroxylation sites is 1. The van der Waals surface area contributed by atoms with Crippen LogP contribution in [0.1, 0.15) is 30.5 Å². The maximum Gasteiger partial charge on any atom is 0.225 e. The Kier molecular flexibility index (Phi) is 6.22. The zero-order valence-corrected chi connectivity index (χ0v) is 16.1. The monoisotopic (exact) mass is 376 g/mol. The van der Waals surface area contributed by atoms with Crippen LogP contribution in [0.2, 0.25) is 0 Å². The number of hydrogen-bond acceptors (Lipinski definition) is 3. The van der Waals surface area contributed by atoms with Gasteiger partial charge in [0, 0.05) is 32.3 Å². The van der Waals surface area contributed by atoms with Crippen molar-refractivity contribution in [2.75, 3.05) is 7.05 Å². The van der Waals surface area contributed by atoms with Crippen LogP contribution in [0.4, 0.5) is 0 Å². The smallest absolute Gasteiger partial charge is 0.225 e. The summed E-state index contributed by atoms with van der Waals surface area (Å²) in [7, 11) is 1.76. The molecule has 1 N–H and O–H groups in total. The topological polar surface area (TPSA) is 67.2 Å². The van der Waals surface area contributed by atoms with Crippen molar-refractivity contribution >= 4 is 11.8 Å². The van der Waals surface area contributed by atoms with Crippen LogP contribution in [0.5, 0.6) is 0 Å². The van der Waals surface area contributed by atoms with Crippen LogP contribution in [0.15, 0.2) is 73.1 Å². The Hall–Kier alpha value is -3.41. The molecular formula is C22H24N4O2. The van der Waals surface area contributed by atoms with Gasteiger partial charge in [0.25, 0.3) is 0 Å². The van der Waals surface area contributed by atoms with Crippen molar-refractivity contribution in [2.24, 2.45) is 0 Å². The first-order chi connectivity index (χ1) is 13.5. The lowest BCUT2D eigenvalue weighted by atomic mass is 10.0. The van der Waals surface area contributed by atoms with Crippen molar-refractivity contribution in [2.45, 2.75) is 25.9 Å². The van der Waals surface area contributed by atoms with E-state index in [1.807, 2.05) is 66.9 Å². The summed E-state index contributed by atoms with van der Waals surface area (Å²) >= 11 is 0. The van der Waals surface area contributed by atoms with Gasteiger partial charge in [-0.2, -0.15) is 5.10 Å². The maximum atomic E-state index is 12.7. The molecule has 0 saturated heterocycles. The molecule has 0 unspecified atom stereocenters. The van der Waals surface area contributed by atoms with Gasteiger partial charge in [-0.15, -0.1) is 0 Å². The molecule has 0 radical (unpaired) electrons. The maximum absolute atomic E-state index is 12.7. The molecule has 3 aromatic rings. The van der Waals surface area contributed by atoms with Crippen LogP contribution in [-0.2, 0) is 16.1 Å². The van der Waals surface area contributed by atoms with Gasteiger partial charge in [-0.25, -0.2) is 4.68 Å². The molecule has 0 aliphatic carbocycles. The van der Waals surface area contributed by atoms with Gasteiger partial charge in [-0.05, 0) is 17.7 Å². The van der Waals surface area contributed by atoms with E-state index in [0.29, 0.717) is 6.54 Å². The molecule has 2 amide bonds. The first kappa shape index (κ1) is 19.4. The second-order valence-electron chi connectivity index (χ2n) is 6.75. The Morgan fingerprint density at radius 2 is 1.71 bits per heavy atom. The quantitative estimate of drug-likeness (QED) is 0.689. The molecule has 0 spiro atoms. The fraction of sp³-hybridized carbons (Fsp3) is 0.227. The van der Waals surface area contributed by atoms with E-state index in [2.05, 4.69) is 10.4 Å². The third kappa shape index (κ3) is 5.07. The van der Waals surface area contributed by atoms with Gasteiger partial charge in [0.15, 0.2) is 0 Å². The second kappa shape index (κ2) is 8.99. The third-order valence-electron chi connectivity index (χ3n) is 4.46. The molecule has 28 heavy (non-hydrogen) atoms. The molecule has 6 heteroatoms. The van der Waals surface area contributed by atoms with Gasteiger partial charge in [0.2, 0.25) is 11.8 Å². The van der Waals surface area contributed by atoms with Crippen molar-refractivity contribution in [3.8, 4) is 5.69 Å². The summed E-state index contributed by atoms with van der Waals surface area (Å²) in [5, 5.41) is 7.24. The number of carbonyl (C=O) groups is 2. The molecule has 0 aliphatic rings. The lowest BCUT2D eigenvalue weighted by molar-refractivity contribution is -0.131. The first-order valence-corrected chi connectivity index (χ1v) is 9.18. The summed E-state index contributed by atoms with van der Waals surface area (Å²) in [4.78, 5) is 26.0. The molecule has 0 fully saturated rings. The zero-order chi connectivity index (χ0) is 19.9. The highest BCUT2D eigenvalue weighted by Gasteiger charge is 2.20. The Morgan fingerprint density at radius 1 is 1.07 bits per heavy atom. The van der Waals surface area contributed by atoms with E-state index in [1.54, 1.807) is 22.8 Å². The normalized spacial score (nSPS) is 11.6. The predicted octanol–water partition coefficient (Wildman–Crippen LogP) is 3.10. The van der Waals surface area contributed by atoms with Gasteiger partial charge >= 0.3 is 0 Å². The Bertz CT molecular complexity index is 922. The fourth-order valence-electron chi connectivity index (χ4n) is 3.04. The Balaban J connectivity index is 1.65. The molecule has 6 nitrogen and oxygen atoms in total. The van der Waals surface area contributed by atoms with Crippen LogP contribution < -0.4 is 5.32 Å². The second-order valence-corrected chi connectivity index (χ2v) is 6.75. The Labute approximate surface area is 164 Å². The van der Waals surface area contributed by atoms with E-state index in [4.69, 9.17) is 0 Å². The molecule has 0 bridgehead atoms. The number of hydrogen-bond donors (Lipinski definition) is 1. The van der Waals surface area contributed by atoms with E-state index >= 15 is 0 Å². The van der Waals surface area contributed by atoms with Gasteiger partial charge in [-0.1, -0.05) is 48.5 Å². The number of rotatable bonds is 7. The van der Waals surface area contributed by atoms with Crippen LogP contribution in [0.25, 0.3) is 5.69 Å². The van der Waals surface area contributed by atoms with Crippen LogP contribution in [0.3, 0.4) is 0 Å². The largest absolute Gasteiger partial charge is 0.349 e. The first-order valence-electron chi connectivity index (χ1n) is 9.18. The number of carbonyl (C=O) groups excluding carboxylic acids is 2. The SMILES string of the molecule is CC(=O)N[C@@H](CC(=O)N(C)Cc1cnn(-c2ccccc2)c1)c1ccccc1. The molecule has 3 rings (SSSR count). The van der Waals surface area contributed by atoms with Crippen molar-refractivity contribution in [3.63, 3.8) is 0 Å². The third-order valence-corrected chi connectivity index (χ3v) is 4.46. The lowest BCUT2D eigenvalue weighted by Crippen LogP contribution is -2.33. The van der Waals surface area contributed by atoms with Crippen LogP contribution >= 0.6 is 0 Å². The average molecular weight is 376 g/mol. The minimum Gasteiger partial charge on any atom is -0.349 e. The van der Waals surface area contributed by atoms with E-state index in [1.165, 1.54) is 6.92 Å². The molecule has 1 aromatic heterocycles. The number of aromatic nitrogens is 2. The highest BCUT2D eigenvalue weighted by atomic mass is 16.2. The van der Waals surface area contributed by atoms with E-state index in [-0.39, 0.29) is 24.3 Å². The summed E-state index contributed by atoms with van der Waals surface area (Å²) in [6.07, 6.45) is 3.88. The molecular weight excluding hydrogens is 352 g/mol. The minimum atomic E-state index is -0.347. The van der Waals surface area contributed by atoms with Crippen molar-refractivity contribution in [3.05, 3.63) is 84.2 Å². The fourth-order valence-corrected chi connectivity index (χ4v) is 3.04. The molecule has 2 aromatic carbocycles. The standard InChI is InChI=1S/C22H24N4O2/c1-17(27)24-21(19-9-5-3-6-10-19)13-22(28)25(2)15-18-14-23-26(16-18)20-11-7-4-8-12-20/h3-12,14,16,21H,13,15H2,1-2H3,(H,24,27)/t21-/m0/s1. The number of nitrogens with one attached hydrogen (secondary N) is 1. The van der Waals surface area contributed by atoms with Gasteiger partial charge < -0.3 is 10.2 Å². The van der Waals surface area contributed by atoms with Crippen LogP contribution in [-0.4, -0.2) is 33.5 Å². The lowest BCUT2D eigenvalue weighted by Gasteiger charge is -2.22. The van der Waals surface area contributed by atoms with E-state index in [9.17, 15) is 9.59 Å². The summed E-state index contributed by atoms with van der Waals surface area (Å²) in [6.45, 7) is 1.91. The summed E-state index contributed by atoms with van der Waals surface area (Å²) in [6, 6.07) is 19.0. The van der Waals surface area contributed by atoms with Gasteiger partial charge in [0.1, 0.15) is 0 Å². The number of amides is 2. The van der Waals surface area contributed by atoms with Crippen LogP contribution in [0, 0.1) is 0 Å². The van der Waals surface area contributed by atoms with Gasteiger partial charge in [0.05, 0.1) is 24.3 Å². The molecule has 0 saturated carbocycles. The molecule has 144 valence electrons. The number of benzene rings is 2. The minimum absolute atomic E-state index is 0.0462. The van der Waals surface area contributed by atoms with Gasteiger partial charge in [-0.3, -0.25) is 9.59 Å². The predicted molar refractivity (Wildman–Crippen MR) is 108 cm³/mol. The van der Waals surface area contributed by atoms with Crippen molar-refractivity contribution < 1.29 is 9.59 Å². The summed E-state index contributed by atoms with van der Waals surface area (Å²) in [5.41, 5.74) is 2.82. The Morgan fingerprint density at radius 3 is 2.36 bits per heavy atom. The zero-order valence-electron chi connectivity index (χ0n) is 16.1. The molecule has 0 aliphatic heterocycles. The van der Waals surface area contributed by atoms with E-state index in [0.717, 1.165) is 16.8 Å². The summed E-state index contributed by atoms with van der Waals surface area (Å²) in [5.74, 6) is -0.205. The van der Waals surface area contributed by atoms with Crippen molar-refractivity contribution in [1.82, 2.24) is 20.0 Å². The van der Waals surface area contributed by atoms with Crippen molar-refractivity contribution in [1.29, 1.82) is 0 Å². The summed E-state index contributed by atoms with van der Waals surface area (Å²) < 4.78 is 1.79. The number of nitrogens with zero attached hydrogens (tertiary/aromatic N) is 3. The highest BCUT2D eigenvalue weighted by Crippen LogP contribution is 2.18. The average Bonchev–Trinajstić information content (AvgIpc) is 3.17. The highest BCUT2D eigenvalue weighted by molar-refractivity contribution is 5.79. The van der Waals surface area contributed by atoms with E-state index < -0.39 is 0 Å².